The van der Waals surface area contributed by atoms with Gasteiger partial charge in [0.15, 0.2) is 6.10 Å². The first-order valence-corrected chi connectivity index (χ1v) is 30.7. The summed E-state index contributed by atoms with van der Waals surface area (Å²) in [6.45, 7) is 6.47. The molecule has 0 N–H and O–H groups in total. The first kappa shape index (κ1) is 69.3. The molecule has 418 valence electrons. The molecule has 6 nitrogen and oxygen atoms in total. The zero-order chi connectivity index (χ0) is 52.9. The average Bonchev–Trinajstić information content (AvgIpc) is 3.39. The smallest absolute Gasteiger partial charge is 0.306 e. The molecule has 0 bridgehead atoms. The number of unbranched alkanes of at least 4 members (excludes halogenated alkanes) is 28. The van der Waals surface area contributed by atoms with E-state index in [4.69, 9.17) is 14.2 Å². The number of allylic oxidation sites excluding steroid dienone is 16. The van der Waals surface area contributed by atoms with Crippen LogP contribution >= 0.6 is 0 Å². The Morgan fingerprint density at radius 1 is 0.288 bits per heavy atom. The van der Waals surface area contributed by atoms with Crippen LogP contribution in [-0.2, 0) is 28.6 Å². The predicted octanol–water partition coefficient (Wildman–Crippen LogP) is 20.9. The maximum absolute atomic E-state index is 12.9. The molecule has 0 radical (unpaired) electrons. The quantitative estimate of drug-likeness (QED) is 0.0261. The lowest BCUT2D eigenvalue weighted by Gasteiger charge is -2.18. The van der Waals surface area contributed by atoms with Gasteiger partial charge in [0, 0.05) is 19.3 Å². The summed E-state index contributed by atoms with van der Waals surface area (Å²) >= 11 is 0. The predicted molar refractivity (Wildman–Crippen MR) is 316 cm³/mol. The Kier molecular flexibility index (Phi) is 57.8. The highest BCUT2D eigenvalue weighted by Crippen LogP contribution is 2.15. The summed E-state index contributed by atoms with van der Waals surface area (Å²) in [5.41, 5.74) is 0. The highest BCUT2D eigenvalue weighted by atomic mass is 16.6. The monoisotopic (exact) mass is 1010 g/mol. The van der Waals surface area contributed by atoms with Crippen LogP contribution in [0.1, 0.15) is 290 Å². The Labute approximate surface area is 451 Å². The van der Waals surface area contributed by atoms with E-state index in [1.165, 1.54) is 135 Å². The summed E-state index contributed by atoms with van der Waals surface area (Å²) in [6, 6.07) is 0. The summed E-state index contributed by atoms with van der Waals surface area (Å²) in [7, 11) is 0. The van der Waals surface area contributed by atoms with Gasteiger partial charge in [0.2, 0.25) is 0 Å². The molecule has 0 aromatic rings. The van der Waals surface area contributed by atoms with Gasteiger partial charge in [-0.1, -0.05) is 266 Å². The van der Waals surface area contributed by atoms with Crippen molar-refractivity contribution in [1.29, 1.82) is 0 Å². The van der Waals surface area contributed by atoms with Crippen LogP contribution in [-0.4, -0.2) is 37.2 Å². The van der Waals surface area contributed by atoms with Crippen LogP contribution in [0.15, 0.2) is 97.2 Å². The fourth-order valence-electron chi connectivity index (χ4n) is 8.48. The molecule has 1 unspecified atom stereocenters. The summed E-state index contributed by atoms with van der Waals surface area (Å²) in [4.78, 5) is 38.0. The van der Waals surface area contributed by atoms with E-state index in [0.29, 0.717) is 19.3 Å². The van der Waals surface area contributed by atoms with Crippen molar-refractivity contribution < 1.29 is 28.6 Å². The number of carbonyl (C=O) groups excluding carboxylic acids is 3. The molecule has 0 aliphatic carbocycles. The van der Waals surface area contributed by atoms with Crippen LogP contribution in [0.2, 0.25) is 0 Å². The van der Waals surface area contributed by atoms with Crippen molar-refractivity contribution in [3.8, 4) is 0 Å². The van der Waals surface area contributed by atoms with Gasteiger partial charge in [-0.05, 0) is 103 Å². The SMILES string of the molecule is CC/C=C\C/C=C\C/C=C\C/C=C\C/C=C\C/C=C\CCCCCCCCC(=O)OCC(COC(=O)CCCCCCCCC)OC(=O)CCCCCCCCCCCCC/C=C\C/C=C\CCCCCCC. The molecular formula is C67H114O6. The van der Waals surface area contributed by atoms with Crippen molar-refractivity contribution in [3.05, 3.63) is 97.2 Å². The molecule has 0 fully saturated rings. The topological polar surface area (TPSA) is 78.9 Å². The van der Waals surface area contributed by atoms with Gasteiger partial charge in [-0.2, -0.15) is 0 Å². The van der Waals surface area contributed by atoms with Crippen molar-refractivity contribution >= 4 is 17.9 Å². The lowest BCUT2D eigenvalue weighted by molar-refractivity contribution is -0.167. The van der Waals surface area contributed by atoms with Crippen molar-refractivity contribution in [1.82, 2.24) is 0 Å². The number of carbonyl (C=O) groups is 3. The molecule has 0 heterocycles. The summed E-state index contributed by atoms with van der Waals surface area (Å²) < 4.78 is 16.8. The van der Waals surface area contributed by atoms with Gasteiger partial charge in [0.25, 0.3) is 0 Å². The van der Waals surface area contributed by atoms with E-state index in [1.807, 2.05) is 0 Å². The molecule has 0 amide bonds. The average molecular weight is 1020 g/mol. The van der Waals surface area contributed by atoms with Gasteiger partial charge < -0.3 is 14.2 Å². The minimum atomic E-state index is -0.783. The standard InChI is InChI=1S/C67H114O6/c1-4-7-10-13-16-18-20-22-24-26-28-30-32-33-35-36-38-40-42-44-46-48-51-54-57-60-66(69)72-63-64(62-71-65(68)59-56-53-50-15-12-9-6-3)73-67(70)61-58-55-52-49-47-45-43-41-39-37-34-31-29-27-25-23-21-19-17-14-11-8-5-2/h7,10,16,18,21-24,27-30,33,35,38,40,64H,4-6,8-9,11-15,17,19-20,25-26,31-32,34,36-37,39,41-63H2,1-3H3/b10-7-,18-16-,23-21-,24-22-,29-27-,30-28-,35-33-,40-38-. The van der Waals surface area contributed by atoms with E-state index in [2.05, 4.69) is 118 Å². The number of esters is 3. The second-order valence-electron chi connectivity index (χ2n) is 20.2. The third kappa shape index (κ3) is 59.1. The summed E-state index contributed by atoms with van der Waals surface area (Å²) in [6.07, 6.45) is 81.4. The third-order valence-corrected chi connectivity index (χ3v) is 13.1. The molecular weight excluding hydrogens is 901 g/mol. The third-order valence-electron chi connectivity index (χ3n) is 13.1. The van der Waals surface area contributed by atoms with Crippen molar-refractivity contribution in [2.75, 3.05) is 13.2 Å². The van der Waals surface area contributed by atoms with Crippen LogP contribution in [0.4, 0.5) is 0 Å². The van der Waals surface area contributed by atoms with Crippen molar-refractivity contribution in [2.45, 2.75) is 297 Å². The molecule has 0 saturated carbocycles. The van der Waals surface area contributed by atoms with Gasteiger partial charge >= 0.3 is 17.9 Å². The maximum atomic E-state index is 12.9. The molecule has 6 heteroatoms. The molecule has 0 aliphatic rings. The number of rotatable bonds is 55. The van der Waals surface area contributed by atoms with Crippen LogP contribution in [0, 0.1) is 0 Å². The number of ether oxygens (including phenoxy) is 3. The second-order valence-corrected chi connectivity index (χ2v) is 20.2. The molecule has 1 atom stereocenters. The molecule has 0 aromatic heterocycles. The van der Waals surface area contributed by atoms with Gasteiger partial charge in [0.05, 0.1) is 0 Å². The number of hydrogen-bond acceptors (Lipinski definition) is 6. The highest BCUT2D eigenvalue weighted by Gasteiger charge is 2.19. The summed E-state index contributed by atoms with van der Waals surface area (Å²) in [5, 5.41) is 0. The van der Waals surface area contributed by atoms with Crippen LogP contribution in [0.25, 0.3) is 0 Å². The fraction of sp³-hybridized carbons (Fsp3) is 0.716. The van der Waals surface area contributed by atoms with Gasteiger partial charge in [-0.3, -0.25) is 14.4 Å². The normalized spacial score (nSPS) is 12.8. The second kappa shape index (κ2) is 60.9. The van der Waals surface area contributed by atoms with Crippen LogP contribution in [0.5, 0.6) is 0 Å². The molecule has 0 aliphatic heterocycles. The Morgan fingerprint density at radius 3 is 0.836 bits per heavy atom. The Balaban J connectivity index is 4.21. The molecule has 0 aromatic carbocycles. The fourth-order valence-corrected chi connectivity index (χ4v) is 8.48. The maximum Gasteiger partial charge on any atom is 0.306 e. The largest absolute Gasteiger partial charge is 0.462 e. The van der Waals surface area contributed by atoms with E-state index < -0.39 is 6.10 Å². The first-order chi connectivity index (χ1) is 36.0. The Morgan fingerprint density at radius 2 is 0.534 bits per heavy atom. The van der Waals surface area contributed by atoms with E-state index in [-0.39, 0.29) is 31.1 Å². The first-order valence-electron chi connectivity index (χ1n) is 30.7. The molecule has 0 saturated heterocycles. The van der Waals surface area contributed by atoms with Crippen LogP contribution < -0.4 is 0 Å². The molecule has 0 spiro atoms. The zero-order valence-electron chi connectivity index (χ0n) is 47.9. The van der Waals surface area contributed by atoms with E-state index in [9.17, 15) is 14.4 Å². The van der Waals surface area contributed by atoms with E-state index >= 15 is 0 Å². The Hall–Kier alpha value is -3.67. The molecule has 73 heavy (non-hydrogen) atoms. The van der Waals surface area contributed by atoms with Gasteiger partial charge in [-0.25, -0.2) is 0 Å². The lowest BCUT2D eigenvalue weighted by atomic mass is 10.0. The lowest BCUT2D eigenvalue weighted by Crippen LogP contribution is -2.30. The van der Waals surface area contributed by atoms with Crippen molar-refractivity contribution in [3.63, 3.8) is 0 Å². The van der Waals surface area contributed by atoms with Crippen molar-refractivity contribution in [2.24, 2.45) is 0 Å². The van der Waals surface area contributed by atoms with Gasteiger partial charge in [0.1, 0.15) is 13.2 Å². The van der Waals surface area contributed by atoms with E-state index in [1.54, 1.807) is 0 Å². The molecule has 0 rings (SSSR count). The van der Waals surface area contributed by atoms with E-state index in [0.717, 1.165) is 116 Å². The van der Waals surface area contributed by atoms with Gasteiger partial charge in [-0.15, -0.1) is 0 Å². The highest BCUT2D eigenvalue weighted by molar-refractivity contribution is 5.71. The summed E-state index contributed by atoms with van der Waals surface area (Å²) in [5.74, 6) is -0.900. The Bertz CT molecular complexity index is 1440. The van der Waals surface area contributed by atoms with Crippen LogP contribution in [0.3, 0.4) is 0 Å². The minimum Gasteiger partial charge on any atom is -0.462 e. The minimum absolute atomic E-state index is 0.0822. The zero-order valence-corrected chi connectivity index (χ0v) is 47.9. The number of hydrogen-bond donors (Lipinski definition) is 0.